The lowest BCUT2D eigenvalue weighted by Crippen LogP contribution is -2.64. The molecular formula is C18H34O17. The molecule has 0 aliphatic carbocycles. The number of aliphatic hydroxyl groups is 11. The van der Waals surface area contributed by atoms with Gasteiger partial charge in [0.2, 0.25) is 5.79 Å². The van der Waals surface area contributed by atoms with E-state index in [1.54, 1.807) is 0 Å². The van der Waals surface area contributed by atoms with E-state index >= 15 is 0 Å². The van der Waals surface area contributed by atoms with Crippen LogP contribution in [0, 0.1) is 0 Å². The normalized spacial score (nSPS) is 50.7. The van der Waals surface area contributed by atoms with E-state index in [0.29, 0.717) is 0 Å². The number of hydrogen-bond acceptors (Lipinski definition) is 16. The summed E-state index contributed by atoms with van der Waals surface area (Å²) in [7, 11) is 0. The highest BCUT2D eigenvalue weighted by molar-refractivity contribution is 5.01. The molecule has 3 heterocycles. The first-order valence-corrected chi connectivity index (χ1v) is 10.6. The SMILES string of the molecule is O.OCC1OC(O[C@]2(CO)OC(CO)C(O)C2O[C@H]2OC(CO)C(O)C(O)C2O)C(O)C(O)C1O. The van der Waals surface area contributed by atoms with Crippen LogP contribution in [0.25, 0.3) is 0 Å². The topological polar surface area (TPSA) is 300 Å². The highest BCUT2D eigenvalue weighted by Gasteiger charge is 2.61. The molecule has 13 N–H and O–H groups in total. The molecule has 3 rings (SSSR count). The average molecular weight is 522 g/mol. The van der Waals surface area contributed by atoms with Gasteiger partial charge in [0.25, 0.3) is 0 Å². The van der Waals surface area contributed by atoms with Crippen molar-refractivity contribution in [1.82, 2.24) is 0 Å². The van der Waals surface area contributed by atoms with Crippen molar-refractivity contribution in [2.75, 3.05) is 26.4 Å². The maximum absolute atomic E-state index is 10.6. The third-order valence-corrected chi connectivity index (χ3v) is 6.17. The molecule has 208 valence electrons. The van der Waals surface area contributed by atoms with E-state index in [1.165, 1.54) is 0 Å². The van der Waals surface area contributed by atoms with E-state index in [9.17, 15) is 56.2 Å². The van der Waals surface area contributed by atoms with Crippen LogP contribution >= 0.6 is 0 Å². The van der Waals surface area contributed by atoms with Gasteiger partial charge in [-0.15, -0.1) is 0 Å². The molecule has 0 aromatic carbocycles. The van der Waals surface area contributed by atoms with Crippen LogP contribution in [0.2, 0.25) is 0 Å². The Bertz CT molecular complexity index is 653. The molecule has 14 atom stereocenters. The van der Waals surface area contributed by atoms with Gasteiger partial charge in [-0.2, -0.15) is 0 Å². The average Bonchev–Trinajstić information content (AvgIpc) is 3.10. The maximum Gasteiger partial charge on any atom is 0.224 e. The smallest absolute Gasteiger partial charge is 0.224 e. The van der Waals surface area contributed by atoms with Gasteiger partial charge in [-0.3, -0.25) is 0 Å². The molecular weight excluding hydrogens is 488 g/mol. The summed E-state index contributed by atoms with van der Waals surface area (Å²) in [5.41, 5.74) is 0. The highest BCUT2D eigenvalue weighted by atomic mass is 16.8. The van der Waals surface area contributed by atoms with E-state index in [4.69, 9.17) is 23.7 Å². The Hall–Kier alpha value is -0.680. The first-order valence-electron chi connectivity index (χ1n) is 10.6. The first-order chi connectivity index (χ1) is 16.0. The monoisotopic (exact) mass is 522 g/mol. The second kappa shape index (κ2) is 12.2. The molecule has 3 aliphatic rings. The van der Waals surface area contributed by atoms with E-state index in [1.807, 2.05) is 0 Å². The molecule has 17 heteroatoms. The van der Waals surface area contributed by atoms with Gasteiger partial charge in [-0.05, 0) is 0 Å². The fourth-order valence-electron chi connectivity index (χ4n) is 4.12. The largest absolute Gasteiger partial charge is 0.412 e. The minimum Gasteiger partial charge on any atom is -0.412 e. The van der Waals surface area contributed by atoms with E-state index in [2.05, 4.69) is 0 Å². The van der Waals surface area contributed by atoms with Crippen LogP contribution < -0.4 is 0 Å². The lowest BCUT2D eigenvalue weighted by atomic mass is 9.98. The predicted octanol–water partition coefficient (Wildman–Crippen LogP) is -8.40. The van der Waals surface area contributed by atoms with Gasteiger partial charge in [0.05, 0.1) is 19.8 Å². The minimum absolute atomic E-state index is 0. The number of rotatable bonds is 8. The minimum atomic E-state index is -2.43. The van der Waals surface area contributed by atoms with Gasteiger partial charge in [-0.1, -0.05) is 0 Å². The molecule has 0 aromatic heterocycles. The molecule has 3 saturated heterocycles. The number of hydrogen-bond donors (Lipinski definition) is 11. The van der Waals surface area contributed by atoms with Gasteiger partial charge in [-0.25, -0.2) is 0 Å². The molecule has 0 saturated carbocycles. The highest BCUT2D eigenvalue weighted by Crippen LogP contribution is 2.39. The molecule has 35 heavy (non-hydrogen) atoms. The van der Waals surface area contributed by atoms with Gasteiger partial charge in [0.15, 0.2) is 12.6 Å². The van der Waals surface area contributed by atoms with Crippen molar-refractivity contribution in [3.05, 3.63) is 0 Å². The summed E-state index contributed by atoms with van der Waals surface area (Å²) >= 11 is 0. The number of aliphatic hydroxyl groups excluding tert-OH is 11. The van der Waals surface area contributed by atoms with Crippen LogP contribution in [0.5, 0.6) is 0 Å². The molecule has 12 unspecified atom stereocenters. The van der Waals surface area contributed by atoms with Crippen molar-refractivity contribution in [3.8, 4) is 0 Å². The zero-order valence-electron chi connectivity index (χ0n) is 18.3. The second-order valence-electron chi connectivity index (χ2n) is 8.37. The lowest BCUT2D eigenvalue weighted by molar-refractivity contribution is -0.400. The van der Waals surface area contributed by atoms with Crippen molar-refractivity contribution in [2.45, 2.75) is 85.5 Å². The number of ether oxygens (including phenoxy) is 5. The lowest BCUT2D eigenvalue weighted by Gasteiger charge is -2.45. The zero-order chi connectivity index (χ0) is 25.4. The van der Waals surface area contributed by atoms with Crippen molar-refractivity contribution in [1.29, 1.82) is 0 Å². The van der Waals surface area contributed by atoms with Crippen LogP contribution in [0.4, 0.5) is 0 Å². The Balaban J connectivity index is 0.00000432. The Morgan fingerprint density at radius 3 is 1.49 bits per heavy atom. The predicted molar refractivity (Wildman–Crippen MR) is 105 cm³/mol. The molecule has 17 nitrogen and oxygen atoms in total. The van der Waals surface area contributed by atoms with Crippen LogP contribution in [0.1, 0.15) is 0 Å². The Labute approximate surface area is 198 Å². The Morgan fingerprint density at radius 1 is 0.571 bits per heavy atom. The molecule has 0 spiro atoms. The molecule has 3 aliphatic heterocycles. The quantitative estimate of drug-likeness (QED) is 0.141. The van der Waals surface area contributed by atoms with Crippen LogP contribution in [-0.4, -0.2) is 174 Å². The van der Waals surface area contributed by atoms with Crippen molar-refractivity contribution in [2.24, 2.45) is 0 Å². The zero-order valence-corrected chi connectivity index (χ0v) is 18.3. The maximum atomic E-state index is 10.6. The fraction of sp³-hybridized carbons (Fsp3) is 1.00. The van der Waals surface area contributed by atoms with E-state index < -0.39 is 112 Å². The second-order valence-corrected chi connectivity index (χ2v) is 8.37. The van der Waals surface area contributed by atoms with Gasteiger partial charge in [0, 0.05) is 0 Å². The van der Waals surface area contributed by atoms with Gasteiger partial charge in [0.1, 0.15) is 73.8 Å². The third-order valence-electron chi connectivity index (χ3n) is 6.17. The van der Waals surface area contributed by atoms with Crippen molar-refractivity contribution < 1.29 is 85.3 Å². The standard InChI is InChI=1S/C18H32O16.H2O/c19-1-5-8(23)11(26)13(28)16(30-5)32-15-10(25)7(3-21)33-18(15,4-22)34-17-14(29)12(27)9(24)6(2-20)31-17;/h5-17,19-29H,1-4H2;1H2/t5?,6?,7?,8?,9?,10?,11?,12?,13?,14?,15?,16-,17?,18+;/m1./s1. The Morgan fingerprint density at radius 2 is 1.03 bits per heavy atom. The molecule has 0 bridgehead atoms. The van der Waals surface area contributed by atoms with Crippen LogP contribution in [0.3, 0.4) is 0 Å². The van der Waals surface area contributed by atoms with Crippen molar-refractivity contribution in [3.63, 3.8) is 0 Å². The summed E-state index contributed by atoms with van der Waals surface area (Å²) in [5.74, 6) is -2.43. The van der Waals surface area contributed by atoms with E-state index in [-0.39, 0.29) is 5.48 Å². The molecule has 3 fully saturated rings. The third kappa shape index (κ3) is 5.61. The molecule has 0 radical (unpaired) electrons. The van der Waals surface area contributed by atoms with Crippen molar-refractivity contribution >= 4 is 0 Å². The summed E-state index contributed by atoms with van der Waals surface area (Å²) in [6.07, 6.45) is -22.3. The molecule has 0 aromatic rings. The first kappa shape index (κ1) is 30.5. The Kier molecular flexibility index (Phi) is 10.7. The summed E-state index contributed by atoms with van der Waals surface area (Å²) in [6, 6.07) is 0. The van der Waals surface area contributed by atoms with Crippen LogP contribution in [-0.2, 0) is 23.7 Å². The van der Waals surface area contributed by atoms with Gasteiger partial charge >= 0.3 is 0 Å². The summed E-state index contributed by atoms with van der Waals surface area (Å²) < 4.78 is 27.0. The summed E-state index contributed by atoms with van der Waals surface area (Å²) in [5, 5.41) is 109. The van der Waals surface area contributed by atoms with E-state index in [0.717, 1.165) is 0 Å². The summed E-state index contributed by atoms with van der Waals surface area (Å²) in [6.45, 7) is -3.49. The van der Waals surface area contributed by atoms with Gasteiger partial charge < -0.3 is 85.3 Å². The molecule has 0 amide bonds. The fourth-order valence-corrected chi connectivity index (χ4v) is 4.12. The summed E-state index contributed by atoms with van der Waals surface area (Å²) in [4.78, 5) is 0. The van der Waals surface area contributed by atoms with Crippen LogP contribution in [0.15, 0.2) is 0 Å².